The topological polar surface area (TPSA) is 46.3 Å². The minimum Gasteiger partial charge on any atom is -0.344 e. The van der Waals surface area contributed by atoms with Crippen molar-refractivity contribution in [2.75, 3.05) is 13.6 Å². The number of nitrogens with zero attached hydrogens (tertiary/aromatic N) is 1. The Morgan fingerprint density at radius 1 is 1.41 bits per heavy atom. The molecule has 0 aromatic carbocycles. The van der Waals surface area contributed by atoms with Gasteiger partial charge in [-0.2, -0.15) is 0 Å². The number of rotatable bonds is 9. The number of unbranched alkanes of at least 4 members (excludes halogenated alkanes) is 3. The van der Waals surface area contributed by atoms with Crippen LogP contribution in [0.15, 0.2) is 12.7 Å². The summed E-state index contributed by atoms with van der Waals surface area (Å²) in [6.07, 6.45) is 8.01. The second kappa shape index (κ2) is 8.29. The summed E-state index contributed by atoms with van der Waals surface area (Å²) < 4.78 is 0. The number of allylic oxidation sites excluding steroid dienone is 1. The summed E-state index contributed by atoms with van der Waals surface area (Å²) in [5.41, 5.74) is 5.32. The molecule has 17 heavy (non-hydrogen) atoms. The summed E-state index contributed by atoms with van der Waals surface area (Å²) in [7, 11) is 1.84. The summed E-state index contributed by atoms with van der Waals surface area (Å²) in [6, 6.07) is 0. The van der Waals surface area contributed by atoms with Gasteiger partial charge in [-0.25, -0.2) is 0 Å². The van der Waals surface area contributed by atoms with E-state index in [9.17, 15) is 4.79 Å². The molecule has 0 saturated carbocycles. The highest BCUT2D eigenvalue weighted by Gasteiger charge is 2.29. The number of hydrogen-bond donors (Lipinski definition) is 1. The first-order chi connectivity index (χ1) is 7.95. The van der Waals surface area contributed by atoms with E-state index in [0.717, 1.165) is 45.1 Å². The average Bonchev–Trinajstić information content (AvgIpc) is 2.27. The van der Waals surface area contributed by atoms with Gasteiger partial charge in [-0.05, 0) is 32.6 Å². The summed E-state index contributed by atoms with van der Waals surface area (Å²) in [6.45, 7) is 8.37. The number of hydrogen-bond acceptors (Lipinski definition) is 2. The van der Waals surface area contributed by atoms with Gasteiger partial charge >= 0.3 is 0 Å². The third-order valence-electron chi connectivity index (χ3n) is 3.01. The molecule has 0 aliphatic heterocycles. The molecule has 0 saturated heterocycles. The summed E-state index contributed by atoms with van der Waals surface area (Å²) in [5, 5.41) is 0. The zero-order valence-electron chi connectivity index (χ0n) is 11.7. The molecule has 3 heteroatoms. The van der Waals surface area contributed by atoms with Crippen LogP contribution < -0.4 is 5.73 Å². The molecule has 0 spiro atoms. The average molecular weight is 240 g/mol. The molecule has 1 unspecified atom stereocenters. The van der Waals surface area contributed by atoms with Gasteiger partial charge in [0.2, 0.25) is 5.91 Å². The Kier molecular flexibility index (Phi) is 7.88. The van der Waals surface area contributed by atoms with Gasteiger partial charge in [0.05, 0.1) is 5.54 Å². The van der Waals surface area contributed by atoms with Crippen LogP contribution in [0.25, 0.3) is 0 Å². The van der Waals surface area contributed by atoms with E-state index < -0.39 is 5.54 Å². The lowest BCUT2D eigenvalue weighted by Crippen LogP contribution is -2.52. The molecule has 0 aliphatic rings. The maximum atomic E-state index is 12.1. The molecular formula is C14H28N2O. The van der Waals surface area contributed by atoms with Gasteiger partial charge in [-0.3, -0.25) is 4.79 Å². The maximum Gasteiger partial charge on any atom is 0.242 e. The highest BCUT2D eigenvalue weighted by Crippen LogP contribution is 2.12. The molecule has 100 valence electrons. The molecule has 0 fully saturated rings. The van der Waals surface area contributed by atoms with Crippen molar-refractivity contribution < 1.29 is 4.79 Å². The van der Waals surface area contributed by atoms with Gasteiger partial charge < -0.3 is 10.6 Å². The minimum atomic E-state index is -0.704. The largest absolute Gasteiger partial charge is 0.344 e. The Hall–Kier alpha value is -0.830. The second-order valence-corrected chi connectivity index (χ2v) is 5.03. The van der Waals surface area contributed by atoms with Crippen molar-refractivity contribution in [2.24, 2.45) is 5.73 Å². The van der Waals surface area contributed by atoms with Crippen LogP contribution in [0.1, 0.15) is 52.4 Å². The van der Waals surface area contributed by atoms with Crippen molar-refractivity contribution in [1.29, 1.82) is 0 Å². The van der Waals surface area contributed by atoms with E-state index in [1.807, 2.05) is 27.0 Å². The van der Waals surface area contributed by atoms with E-state index in [2.05, 4.69) is 6.58 Å². The molecule has 0 radical (unpaired) electrons. The number of carbonyl (C=O) groups excluding carboxylic acids is 1. The Balaban J connectivity index is 3.92. The predicted molar refractivity (Wildman–Crippen MR) is 73.8 cm³/mol. The van der Waals surface area contributed by atoms with E-state index in [1.165, 1.54) is 0 Å². The Labute approximate surface area is 106 Å². The Morgan fingerprint density at radius 3 is 2.59 bits per heavy atom. The highest BCUT2D eigenvalue weighted by molar-refractivity contribution is 5.85. The smallest absolute Gasteiger partial charge is 0.242 e. The van der Waals surface area contributed by atoms with Crippen molar-refractivity contribution in [2.45, 2.75) is 57.9 Å². The van der Waals surface area contributed by atoms with Gasteiger partial charge in [0.25, 0.3) is 0 Å². The van der Waals surface area contributed by atoms with Crippen LogP contribution in [0.5, 0.6) is 0 Å². The van der Waals surface area contributed by atoms with Crippen LogP contribution >= 0.6 is 0 Å². The van der Waals surface area contributed by atoms with Crippen molar-refractivity contribution in [3.05, 3.63) is 12.7 Å². The lowest BCUT2D eigenvalue weighted by molar-refractivity contribution is -0.135. The number of likely N-dealkylation sites (N-methyl/N-ethyl adjacent to an activating group) is 1. The number of carbonyl (C=O) groups is 1. The lowest BCUT2D eigenvalue weighted by atomic mass is 9.96. The molecule has 3 nitrogen and oxygen atoms in total. The molecule has 1 amide bonds. The predicted octanol–water partition coefficient (Wildman–Crippen LogP) is 2.71. The van der Waals surface area contributed by atoms with E-state index in [1.54, 1.807) is 4.90 Å². The standard InChI is InChI=1S/C14H28N2O/c1-5-7-8-9-10-12-16(4)13(17)14(3,15)11-6-2/h5H,1,6-12,15H2,2-4H3. The fourth-order valence-electron chi connectivity index (χ4n) is 1.98. The first-order valence-corrected chi connectivity index (χ1v) is 6.61. The van der Waals surface area contributed by atoms with Crippen LogP contribution in [0.4, 0.5) is 0 Å². The Morgan fingerprint density at radius 2 is 2.06 bits per heavy atom. The van der Waals surface area contributed by atoms with Gasteiger partial charge in [-0.1, -0.05) is 25.8 Å². The van der Waals surface area contributed by atoms with E-state index in [-0.39, 0.29) is 5.91 Å². The normalized spacial score (nSPS) is 14.1. The number of amides is 1. The third-order valence-corrected chi connectivity index (χ3v) is 3.01. The molecule has 0 aromatic rings. The number of nitrogens with two attached hydrogens (primary N) is 1. The van der Waals surface area contributed by atoms with Gasteiger partial charge in [0.1, 0.15) is 0 Å². The first-order valence-electron chi connectivity index (χ1n) is 6.61. The SMILES string of the molecule is C=CCCCCCN(C)C(=O)C(C)(N)CCC. The molecule has 0 aliphatic carbocycles. The van der Waals surface area contributed by atoms with E-state index in [4.69, 9.17) is 5.73 Å². The van der Waals surface area contributed by atoms with Crippen LogP contribution in [-0.2, 0) is 4.79 Å². The minimum absolute atomic E-state index is 0.0584. The van der Waals surface area contributed by atoms with Crippen LogP contribution in [0.2, 0.25) is 0 Å². The van der Waals surface area contributed by atoms with Crippen LogP contribution in [0.3, 0.4) is 0 Å². The van der Waals surface area contributed by atoms with Crippen LogP contribution in [0, 0.1) is 0 Å². The zero-order valence-corrected chi connectivity index (χ0v) is 11.7. The van der Waals surface area contributed by atoms with Gasteiger partial charge in [-0.15, -0.1) is 6.58 Å². The summed E-state index contributed by atoms with van der Waals surface area (Å²) >= 11 is 0. The maximum absolute atomic E-state index is 12.1. The Bertz CT molecular complexity index is 236. The first kappa shape index (κ1) is 16.2. The second-order valence-electron chi connectivity index (χ2n) is 5.03. The van der Waals surface area contributed by atoms with E-state index in [0.29, 0.717) is 0 Å². The molecule has 2 N–H and O–H groups in total. The molecular weight excluding hydrogens is 212 g/mol. The highest BCUT2D eigenvalue weighted by atomic mass is 16.2. The molecule has 0 bridgehead atoms. The monoisotopic (exact) mass is 240 g/mol. The fourth-order valence-corrected chi connectivity index (χ4v) is 1.98. The zero-order chi connectivity index (χ0) is 13.3. The molecule has 1 atom stereocenters. The van der Waals surface area contributed by atoms with Crippen molar-refractivity contribution in [1.82, 2.24) is 4.90 Å². The molecule has 0 aromatic heterocycles. The van der Waals surface area contributed by atoms with Crippen molar-refractivity contribution in [3.63, 3.8) is 0 Å². The summed E-state index contributed by atoms with van der Waals surface area (Å²) in [4.78, 5) is 13.8. The van der Waals surface area contributed by atoms with Crippen LogP contribution in [-0.4, -0.2) is 29.9 Å². The quantitative estimate of drug-likeness (QED) is 0.497. The lowest BCUT2D eigenvalue weighted by Gasteiger charge is -2.29. The summed E-state index contributed by atoms with van der Waals surface area (Å²) in [5.74, 6) is 0.0584. The van der Waals surface area contributed by atoms with Crippen molar-refractivity contribution in [3.8, 4) is 0 Å². The van der Waals surface area contributed by atoms with Gasteiger partial charge in [0, 0.05) is 13.6 Å². The van der Waals surface area contributed by atoms with Gasteiger partial charge in [0.15, 0.2) is 0 Å². The third kappa shape index (κ3) is 6.47. The van der Waals surface area contributed by atoms with Crippen molar-refractivity contribution >= 4 is 5.91 Å². The molecule has 0 rings (SSSR count). The van der Waals surface area contributed by atoms with E-state index >= 15 is 0 Å². The molecule has 0 heterocycles. The fraction of sp³-hybridized carbons (Fsp3) is 0.786.